The molecule has 0 saturated carbocycles. The van der Waals surface area contributed by atoms with Gasteiger partial charge < -0.3 is 15.4 Å². The van der Waals surface area contributed by atoms with Gasteiger partial charge in [0, 0.05) is 16.6 Å². The van der Waals surface area contributed by atoms with Crippen molar-refractivity contribution in [2.45, 2.75) is 45.4 Å². The fourth-order valence-electron chi connectivity index (χ4n) is 2.84. The number of rotatable bonds is 8. The Morgan fingerprint density at radius 1 is 1.33 bits per heavy atom. The number of urea groups is 1. The summed E-state index contributed by atoms with van der Waals surface area (Å²) in [7, 11) is 0. The van der Waals surface area contributed by atoms with E-state index in [9.17, 15) is 23.2 Å². The Labute approximate surface area is 163 Å². The van der Waals surface area contributed by atoms with Crippen LogP contribution in [0.1, 0.15) is 32.3 Å². The summed E-state index contributed by atoms with van der Waals surface area (Å²) in [5.74, 6) is -1.11. The van der Waals surface area contributed by atoms with Crippen molar-refractivity contribution in [1.29, 1.82) is 0 Å². The number of nitrogens with zero attached hydrogens (tertiary/aromatic N) is 1. The zero-order valence-electron chi connectivity index (χ0n) is 14.9. The van der Waals surface area contributed by atoms with E-state index in [0.29, 0.717) is 22.9 Å². The molecule has 1 aliphatic rings. The molecule has 1 aromatic rings. The van der Waals surface area contributed by atoms with E-state index in [2.05, 4.69) is 31.3 Å². The molecule has 0 bridgehead atoms. The summed E-state index contributed by atoms with van der Waals surface area (Å²) in [5.41, 5.74) is -0.661. The third-order valence-electron chi connectivity index (χ3n) is 4.47. The van der Waals surface area contributed by atoms with E-state index in [1.54, 1.807) is 13.8 Å². The third kappa shape index (κ3) is 4.74. The van der Waals surface area contributed by atoms with Gasteiger partial charge >= 0.3 is 12.6 Å². The molecule has 1 saturated heterocycles. The first-order valence-electron chi connectivity index (χ1n) is 8.36. The highest BCUT2D eigenvalue weighted by atomic mass is 79.9. The van der Waals surface area contributed by atoms with Crippen LogP contribution >= 0.6 is 15.9 Å². The first kappa shape index (κ1) is 21.1. The second kappa shape index (κ2) is 8.64. The Hall–Kier alpha value is -2.23. The second-order valence-corrected chi connectivity index (χ2v) is 6.93. The molecule has 1 fully saturated rings. The molecule has 7 nitrogen and oxygen atoms in total. The summed E-state index contributed by atoms with van der Waals surface area (Å²) < 4.78 is 30.0. The number of carbonyl (C=O) groups excluding carboxylic acids is 3. The number of hydrogen-bond acceptors (Lipinski definition) is 4. The lowest BCUT2D eigenvalue weighted by atomic mass is 9.93. The monoisotopic (exact) mass is 447 g/mol. The highest BCUT2D eigenvalue weighted by Gasteiger charge is 2.49. The Balaban J connectivity index is 2.02. The van der Waals surface area contributed by atoms with E-state index < -0.39 is 36.5 Å². The van der Waals surface area contributed by atoms with E-state index in [1.165, 1.54) is 18.2 Å². The number of nitrogens with one attached hydrogen (secondary N) is 2. The Bertz CT molecular complexity index is 741. The minimum Gasteiger partial charge on any atom is -0.434 e. The number of halogens is 3. The fraction of sp³-hybridized carbons (Fsp3) is 0.471. The van der Waals surface area contributed by atoms with Crippen LogP contribution in [-0.2, 0) is 16.1 Å². The van der Waals surface area contributed by atoms with Crippen molar-refractivity contribution in [3.8, 4) is 5.75 Å². The molecule has 0 atom stereocenters. The molecule has 0 radical (unpaired) electrons. The zero-order chi connectivity index (χ0) is 20.2. The molecule has 1 heterocycles. The largest absolute Gasteiger partial charge is 0.434 e. The van der Waals surface area contributed by atoms with Crippen LogP contribution < -0.4 is 15.4 Å². The summed E-state index contributed by atoms with van der Waals surface area (Å²) in [5, 5.41) is 5.14. The normalized spacial score (nSPS) is 15.9. The molecule has 0 spiro atoms. The molecular formula is C17H20BrF2N3O4. The minimum atomic E-state index is -3.00. The van der Waals surface area contributed by atoms with Crippen LogP contribution in [0.2, 0.25) is 0 Å². The van der Waals surface area contributed by atoms with Crippen molar-refractivity contribution in [2.75, 3.05) is 6.54 Å². The van der Waals surface area contributed by atoms with Gasteiger partial charge in [0.15, 0.2) is 0 Å². The molecule has 0 aliphatic carbocycles. The predicted molar refractivity (Wildman–Crippen MR) is 96.2 cm³/mol. The average Bonchev–Trinajstić information content (AvgIpc) is 2.86. The molecule has 0 unspecified atom stereocenters. The van der Waals surface area contributed by atoms with E-state index in [0.717, 1.165) is 4.90 Å². The van der Waals surface area contributed by atoms with Gasteiger partial charge in [0.1, 0.15) is 17.8 Å². The van der Waals surface area contributed by atoms with Crippen molar-refractivity contribution in [3.63, 3.8) is 0 Å². The minimum absolute atomic E-state index is 0.0699. The maximum absolute atomic E-state index is 12.5. The van der Waals surface area contributed by atoms with E-state index in [1.807, 2.05) is 0 Å². The number of ether oxygens (including phenoxy) is 1. The van der Waals surface area contributed by atoms with Crippen LogP contribution in [0.5, 0.6) is 5.75 Å². The summed E-state index contributed by atoms with van der Waals surface area (Å²) >= 11 is 3.22. The van der Waals surface area contributed by atoms with E-state index in [4.69, 9.17) is 0 Å². The Morgan fingerprint density at radius 3 is 2.56 bits per heavy atom. The molecule has 10 heteroatoms. The maximum atomic E-state index is 12.5. The summed E-state index contributed by atoms with van der Waals surface area (Å²) in [6, 6.07) is 3.80. The first-order valence-corrected chi connectivity index (χ1v) is 9.15. The first-order chi connectivity index (χ1) is 12.7. The lowest BCUT2D eigenvalue weighted by Crippen LogP contribution is -2.46. The predicted octanol–water partition coefficient (Wildman–Crippen LogP) is 2.78. The Kier molecular flexibility index (Phi) is 6.74. The van der Waals surface area contributed by atoms with Crippen LogP contribution in [0.25, 0.3) is 0 Å². The van der Waals surface area contributed by atoms with Crippen LogP contribution in [0.4, 0.5) is 13.6 Å². The molecule has 148 valence electrons. The van der Waals surface area contributed by atoms with Gasteiger partial charge in [-0.05, 0) is 31.0 Å². The summed E-state index contributed by atoms with van der Waals surface area (Å²) in [6.07, 6.45) is 0.830. The molecule has 27 heavy (non-hydrogen) atoms. The zero-order valence-corrected chi connectivity index (χ0v) is 16.4. The number of benzene rings is 1. The van der Waals surface area contributed by atoms with Gasteiger partial charge in [-0.25, -0.2) is 4.79 Å². The van der Waals surface area contributed by atoms with Crippen molar-refractivity contribution >= 4 is 33.8 Å². The number of hydrogen-bond donors (Lipinski definition) is 2. The highest BCUT2D eigenvalue weighted by molar-refractivity contribution is 9.10. The van der Waals surface area contributed by atoms with Gasteiger partial charge in [0.25, 0.3) is 5.91 Å². The standard InChI is InChI=1S/C17H20BrF2N3O4/c1-3-17(4-2)14(25)23(16(26)22-17)9-13(24)21-8-10-7-11(18)5-6-12(10)27-15(19)20/h5-7,15H,3-4,8-9H2,1-2H3,(H,21,24)(H,22,26). The van der Waals surface area contributed by atoms with Gasteiger partial charge in [0.05, 0.1) is 0 Å². The van der Waals surface area contributed by atoms with Crippen LogP contribution in [0.3, 0.4) is 0 Å². The molecule has 1 aliphatic heterocycles. The lowest BCUT2D eigenvalue weighted by molar-refractivity contribution is -0.135. The van der Waals surface area contributed by atoms with Gasteiger partial charge in [-0.2, -0.15) is 8.78 Å². The third-order valence-corrected chi connectivity index (χ3v) is 4.96. The number of imide groups is 1. The van der Waals surface area contributed by atoms with Crippen LogP contribution in [0, 0.1) is 0 Å². The maximum Gasteiger partial charge on any atom is 0.387 e. The van der Waals surface area contributed by atoms with Crippen molar-refractivity contribution < 1.29 is 27.9 Å². The van der Waals surface area contributed by atoms with Crippen LogP contribution in [-0.4, -0.2) is 41.4 Å². The molecule has 2 rings (SSSR count). The average molecular weight is 448 g/mol. The lowest BCUT2D eigenvalue weighted by Gasteiger charge is -2.23. The molecule has 1 aromatic carbocycles. The summed E-state index contributed by atoms with van der Waals surface area (Å²) in [4.78, 5) is 37.6. The second-order valence-electron chi connectivity index (χ2n) is 6.02. The molecule has 2 N–H and O–H groups in total. The topological polar surface area (TPSA) is 87.7 Å². The van der Waals surface area contributed by atoms with Crippen LogP contribution in [0.15, 0.2) is 22.7 Å². The molecule has 4 amide bonds. The molecular weight excluding hydrogens is 428 g/mol. The highest BCUT2D eigenvalue weighted by Crippen LogP contribution is 2.26. The summed E-state index contributed by atoms with van der Waals surface area (Å²) in [6.45, 7) is 0.0107. The van der Waals surface area contributed by atoms with Gasteiger partial charge in [-0.15, -0.1) is 0 Å². The quantitative estimate of drug-likeness (QED) is 0.599. The van der Waals surface area contributed by atoms with Gasteiger partial charge in [-0.1, -0.05) is 29.8 Å². The SMILES string of the molecule is CCC1(CC)NC(=O)N(CC(=O)NCc2cc(Br)ccc2OC(F)F)C1=O. The fourth-order valence-corrected chi connectivity index (χ4v) is 3.25. The number of carbonyl (C=O) groups is 3. The number of amides is 4. The van der Waals surface area contributed by atoms with Crippen molar-refractivity contribution in [2.24, 2.45) is 0 Å². The van der Waals surface area contributed by atoms with Gasteiger partial charge in [-0.3, -0.25) is 14.5 Å². The Morgan fingerprint density at radius 2 is 2.00 bits per heavy atom. The molecule has 0 aromatic heterocycles. The van der Waals surface area contributed by atoms with Gasteiger partial charge in [0.2, 0.25) is 5.91 Å². The number of alkyl halides is 2. The van der Waals surface area contributed by atoms with E-state index in [-0.39, 0.29) is 12.3 Å². The smallest absolute Gasteiger partial charge is 0.387 e. The van der Waals surface area contributed by atoms with Crippen molar-refractivity contribution in [3.05, 3.63) is 28.2 Å². The van der Waals surface area contributed by atoms with E-state index >= 15 is 0 Å². The van der Waals surface area contributed by atoms with Crippen molar-refractivity contribution in [1.82, 2.24) is 15.5 Å².